The van der Waals surface area contributed by atoms with Gasteiger partial charge in [0.05, 0.1) is 17.4 Å². The highest BCUT2D eigenvalue weighted by molar-refractivity contribution is 7.89. The van der Waals surface area contributed by atoms with Crippen LogP contribution < -0.4 is 10.6 Å². The van der Waals surface area contributed by atoms with Crippen molar-refractivity contribution in [3.05, 3.63) is 59.7 Å². The molecule has 0 fully saturated rings. The van der Waals surface area contributed by atoms with Gasteiger partial charge in [-0.15, -0.1) is 0 Å². The van der Waals surface area contributed by atoms with Crippen LogP contribution in [0.5, 0.6) is 0 Å². The maximum atomic E-state index is 12.5. The molecule has 2 amide bonds. The van der Waals surface area contributed by atoms with Crippen molar-refractivity contribution < 1.29 is 18.0 Å². The van der Waals surface area contributed by atoms with Gasteiger partial charge in [-0.1, -0.05) is 36.4 Å². The van der Waals surface area contributed by atoms with E-state index in [1.165, 1.54) is 27.1 Å². The first-order valence-corrected chi connectivity index (χ1v) is 10.2. The molecule has 28 heavy (non-hydrogen) atoms. The van der Waals surface area contributed by atoms with Gasteiger partial charge in [0.1, 0.15) is 0 Å². The van der Waals surface area contributed by atoms with Crippen LogP contribution in [0.1, 0.15) is 30.5 Å². The first kappa shape index (κ1) is 21.6. The summed E-state index contributed by atoms with van der Waals surface area (Å²) in [6.45, 7) is 3.09. The number of aryl methyl sites for hydroxylation is 1. The Bertz CT molecular complexity index is 957. The predicted molar refractivity (Wildman–Crippen MR) is 108 cm³/mol. The standard InChI is InChI=1S/C20H25N3O4S/c1-14-10-11-17(12-19(14)28(26,27)23(3)4)22-20(25)13-18(21-15(2)24)16-8-6-5-7-9-16/h5-12,18H,13H2,1-4H3,(H,21,24)(H,22,25). The molecule has 2 N–H and O–H groups in total. The summed E-state index contributed by atoms with van der Waals surface area (Å²) in [4.78, 5) is 24.2. The van der Waals surface area contributed by atoms with Gasteiger partial charge in [-0.2, -0.15) is 0 Å². The molecule has 2 aromatic rings. The van der Waals surface area contributed by atoms with Crippen molar-refractivity contribution in [2.24, 2.45) is 0 Å². The molecule has 0 aliphatic heterocycles. The average molecular weight is 404 g/mol. The molecule has 150 valence electrons. The van der Waals surface area contributed by atoms with Crippen LogP contribution in [0.25, 0.3) is 0 Å². The van der Waals surface area contributed by atoms with Crippen LogP contribution in [0, 0.1) is 6.92 Å². The molecule has 1 atom stereocenters. The predicted octanol–water partition coefficient (Wildman–Crippen LogP) is 2.45. The quantitative estimate of drug-likeness (QED) is 0.742. The van der Waals surface area contributed by atoms with Crippen molar-refractivity contribution in [1.82, 2.24) is 9.62 Å². The molecular weight excluding hydrogens is 378 g/mol. The lowest BCUT2D eigenvalue weighted by atomic mass is 10.0. The molecule has 2 rings (SSSR count). The number of nitrogens with one attached hydrogen (secondary N) is 2. The second-order valence-corrected chi connectivity index (χ2v) is 8.80. The van der Waals surface area contributed by atoms with E-state index in [1.54, 1.807) is 19.1 Å². The Morgan fingerprint density at radius 1 is 1.07 bits per heavy atom. The van der Waals surface area contributed by atoms with Crippen LogP contribution in [-0.4, -0.2) is 38.6 Å². The number of rotatable bonds is 7. The van der Waals surface area contributed by atoms with Gasteiger partial charge in [-0.05, 0) is 30.2 Å². The fourth-order valence-corrected chi connectivity index (χ4v) is 3.88. The number of anilines is 1. The first-order valence-electron chi connectivity index (χ1n) is 8.76. The Morgan fingerprint density at radius 2 is 1.71 bits per heavy atom. The van der Waals surface area contributed by atoms with Gasteiger partial charge in [0.25, 0.3) is 0 Å². The van der Waals surface area contributed by atoms with Gasteiger partial charge in [-0.25, -0.2) is 12.7 Å². The van der Waals surface area contributed by atoms with E-state index in [0.717, 1.165) is 9.87 Å². The molecule has 0 aliphatic rings. The number of carbonyl (C=O) groups excluding carboxylic acids is 2. The number of hydrogen-bond acceptors (Lipinski definition) is 4. The lowest BCUT2D eigenvalue weighted by Gasteiger charge is -2.19. The molecular formula is C20H25N3O4S. The van der Waals surface area contributed by atoms with Crippen molar-refractivity contribution >= 4 is 27.5 Å². The maximum Gasteiger partial charge on any atom is 0.242 e. The van der Waals surface area contributed by atoms with Crippen molar-refractivity contribution in [3.63, 3.8) is 0 Å². The summed E-state index contributed by atoms with van der Waals surface area (Å²) in [5.74, 6) is -0.573. The normalized spacial score (nSPS) is 12.5. The Hall–Kier alpha value is -2.71. The van der Waals surface area contributed by atoms with E-state index in [2.05, 4.69) is 10.6 Å². The van der Waals surface area contributed by atoms with E-state index in [0.29, 0.717) is 11.3 Å². The van der Waals surface area contributed by atoms with E-state index >= 15 is 0 Å². The van der Waals surface area contributed by atoms with Gasteiger partial charge >= 0.3 is 0 Å². The number of nitrogens with zero attached hydrogens (tertiary/aromatic N) is 1. The molecule has 0 saturated carbocycles. The fourth-order valence-electron chi connectivity index (χ4n) is 2.73. The number of sulfonamides is 1. The van der Waals surface area contributed by atoms with Crippen LogP contribution in [0.3, 0.4) is 0 Å². The average Bonchev–Trinajstić information content (AvgIpc) is 2.63. The minimum Gasteiger partial charge on any atom is -0.349 e. The van der Waals surface area contributed by atoms with E-state index < -0.39 is 16.1 Å². The second-order valence-electron chi connectivity index (χ2n) is 6.68. The monoisotopic (exact) mass is 403 g/mol. The van der Waals surface area contributed by atoms with Crippen LogP contribution in [-0.2, 0) is 19.6 Å². The highest BCUT2D eigenvalue weighted by Gasteiger charge is 2.21. The van der Waals surface area contributed by atoms with Crippen molar-refractivity contribution in [1.29, 1.82) is 0 Å². The number of amides is 2. The molecule has 7 nitrogen and oxygen atoms in total. The molecule has 0 heterocycles. The van der Waals surface area contributed by atoms with Gasteiger partial charge in [0.15, 0.2) is 0 Å². The highest BCUT2D eigenvalue weighted by Crippen LogP contribution is 2.23. The van der Waals surface area contributed by atoms with Crippen LogP contribution in [0.15, 0.2) is 53.4 Å². The van der Waals surface area contributed by atoms with Crippen LogP contribution >= 0.6 is 0 Å². The first-order chi connectivity index (χ1) is 13.1. The molecule has 0 saturated heterocycles. The number of hydrogen-bond donors (Lipinski definition) is 2. The summed E-state index contributed by atoms with van der Waals surface area (Å²) in [5, 5.41) is 5.49. The zero-order valence-corrected chi connectivity index (χ0v) is 17.2. The topological polar surface area (TPSA) is 95.6 Å². The zero-order valence-electron chi connectivity index (χ0n) is 16.4. The van der Waals surface area contributed by atoms with Gasteiger partial charge in [-0.3, -0.25) is 9.59 Å². The van der Waals surface area contributed by atoms with E-state index in [1.807, 2.05) is 30.3 Å². The highest BCUT2D eigenvalue weighted by atomic mass is 32.2. The summed E-state index contributed by atoms with van der Waals surface area (Å²) < 4.78 is 26.0. The van der Waals surface area contributed by atoms with Gasteiger partial charge in [0.2, 0.25) is 21.8 Å². The molecule has 1 unspecified atom stereocenters. The van der Waals surface area contributed by atoms with Crippen LogP contribution in [0.2, 0.25) is 0 Å². The minimum absolute atomic E-state index is 0.0211. The summed E-state index contributed by atoms with van der Waals surface area (Å²) in [5.41, 5.74) is 1.78. The molecule has 0 spiro atoms. The summed E-state index contributed by atoms with van der Waals surface area (Å²) >= 11 is 0. The van der Waals surface area contributed by atoms with Gasteiger partial charge in [0, 0.05) is 26.7 Å². The third kappa shape index (κ3) is 5.40. The van der Waals surface area contributed by atoms with E-state index in [9.17, 15) is 18.0 Å². The van der Waals surface area contributed by atoms with Crippen molar-refractivity contribution in [2.45, 2.75) is 31.2 Å². The summed E-state index contributed by atoms with van der Waals surface area (Å²) in [6, 6.07) is 13.5. The molecule has 0 aliphatic carbocycles. The van der Waals surface area contributed by atoms with Gasteiger partial charge < -0.3 is 10.6 Å². The third-order valence-corrected chi connectivity index (χ3v) is 6.16. The summed E-state index contributed by atoms with van der Waals surface area (Å²) in [7, 11) is -0.710. The minimum atomic E-state index is -3.62. The smallest absolute Gasteiger partial charge is 0.242 e. The zero-order chi connectivity index (χ0) is 20.9. The number of benzene rings is 2. The third-order valence-electron chi connectivity index (χ3n) is 4.20. The second kappa shape index (κ2) is 8.99. The largest absolute Gasteiger partial charge is 0.349 e. The van der Waals surface area contributed by atoms with E-state index in [4.69, 9.17) is 0 Å². The lowest BCUT2D eigenvalue weighted by molar-refractivity contribution is -0.120. The van der Waals surface area contributed by atoms with Crippen molar-refractivity contribution in [3.8, 4) is 0 Å². The molecule has 2 aromatic carbocycles. The number of carbonyl (C=O) groups is 2. The maximum absolute atomic E-state index is 12.5. The fraction of sp³-hybridized carbons (Fsp3) is 0.300. The SMILES string of the molecule is CC(=O)NC(CC(=O)Nc1ccc(C)c(S(=O)(=O)N(C)C)c1)c1ccccc1. The molecule has 0 bridgehead atoms. The Morgan fingerprint density at radius 3 is 2.29 bits per heavy atom. The molecule has 0 radical (unpaired) electrons. The van der Waals surface area contributed by atoms with E-state index in [-0.39, 0.29) is 23.1 Å². The molecule has 8 heteroatoms. The Labute approximate surface area is 165 Å². The van der Waals surface area contributed by atoms with Crippen molar-refractivity contribution in [2.75, 3.05) is 19.4 Å². The summed E-state index contributed by atoms with van der Waals surface area (Å²) in [6.07, 6.45) is 0.0211. The Balaban J connectivity index is 2.21. The lowest BCUT2D eigenvalue weighted by Crippen LogP contribution is -2.29. The molecule has 0 aromatic heterocycles. The Kier molecular flexibility index (Phi) is 6.93. The van der Waals surface area contributed by atoms with Crippen LogP contribution in [0.4, 0.5) is 5.69 Å².